The van der Waals surface area contributed by atoms with Gasteiger partial charge in [-0.1, -0.05) is 5.10 Å². The molecule has 0 fully saturated rings. The highest BCUT2D eigenvalue weighted by atomic mass is 19.4. The number of hydrogen-bond donors (Lipinski definition) is 1. The molecular formula is C14H7F3N4O5. The van der Waals surface area contributed by atoms with Gasteiger partial charge >= 0.3 is 18.1 Å². The lowest BCUT2D eigenvalue weighted by Gasteiger charge is -2.05. The molecule has 3 aromatic rings. The van der Waals surface area contributed by atoms with Crippen LogP contribution in [0.25, 0.3) is 11.5 Å². The third-order valence-electron chi connectivity index (χ3n) is 3.10. The highest BCUT2D eigenvalue weighted by molar-refractivity contribution is 6.01. The quantitative estimate of drug-likeness (QED) is 0.552. The van der Waals surface area contributed by atoms with Crippen molar-refractivity contribution in [1.82, 2.24) is 10.2 Å². The first-order valence-corrected chi connectivity index (χ1v) is 6.81. The van der Waals surface area contributed by atoms with Crippen molar-refractivity contribution < 1.29 is 31.7 Å². The number of nitro groups is 1. The Balaban J connectivity index is 1.73. The monoisotopic (exact) mass is 368 g/mol. The Kier molecular flexibility index (Phi) is 4.16. The zero-order valence-electron chi connectivity index (χ0n) is 12.5. The fourth-order valence-corrected chi connectivity index (χ4v) is 1.90. The standard InChI is InChI=1S/C14H7F3N4O5/c15-14(16,17)8-3-1-7(2-4-8)12-19-20-13(26-12)18-11(22)9-5-6-10(25-9)21(23)24/h1-6H,(H,18,20,22). The van der Waals surface area contributed by atoms with Crippen molar-refractivity contribution in [1.29, 1.82) is 0 Å². The Morgan fingerprint density at radius 3 is 2.35 bits per heavy atom. The van der Waals surface area contributed by atoms with E-state index >= 15 is 0 Å². The van der Waals surface area contributed by atoms with Crippen LogP contribution >= 0.6 is 0 Å². The first-order valence-electron chi connectivity index (χ1n) is 6.81. The Hall–Kier alpha value is -3.70. The van der Waals surface area contributed by atoms with Gasteiger partial charge in [0.15, 0.2) is 5.76 Å². The molecule has 1 amide bonds. The second-order valence-electron chi connectivity index (χ2n) is 4.84. The van der Waals surface area contributed by atoms with Crippen molar-refractivity contribution >= 4 is 17.8 Å². The maximum Gasteiger partial charge on any atom is 0.433 e. The van der Waals surface area contributed by atoms with E-state index in [4.69, 9.17) is 8.83 Å². The van der Waals surface area contributed by atoms with Crippen LogP contribution in [0.4, 0.5) is 25.1 Å². The smallest absolute Gasteiger partial charge is 0.403 e. The number of carbonyl (C=O) groups is 1. The number of nitrogens with one attached hydrogen (secondary N) is 1. The molecule has 1 N–H and O–H groups in total. The van der Waals surface area contributed by atoms with Crippen LogP contribution in [-0.2, 0) is 6.18 Å². The second-order valence-corrected chi connectivity index (χ2v) is 4.84. The van der Waals surface area contributed by atoms with Crippen LogP contribution in [0, 0.1) is 10.1 Å². The van der Waals surface area contributed by atoms with E-state index in [1.165, 1.54) is 0 Å². The van der Waals surface area contributed by atoms with Crippen molar-refractivity contribution in [2.75, 3.05) is 5.32 Å². The predicted molar refractivity (Wildman–Crippen MR) is 78.1 cm³/mol. The summed E-state index contributed by atoms with van der Waals surface area (Å²) in [6, 6.07) is 5.69. The number of alkyl halides is 3. The largest absolute Gasteiger partial charge is 0.433 e. The molecule has 0 unspecified atom stereocenters. The zero-order valence-corrected chi connectivity index (χ0v) is 12.5. The van der Waals surface area contributed by atoms with E-state index in [9.17, 15) is 28.1 Å². The summed E-state index contributed by atoms with van der Waals surface area (Å²) >= 11 is 0. The molecular weight excluding hydrogens is 361 g/mol. The average molecular weight is 368 g/mol. The minimum Gasteiger partial charge on any atom is -0.403 e. The fraction of sp³-hybridized carbons (Fsp3) is 0.0714. The van der Waals surface area contributed by atoms with E-state index in [2.05, 4.69) is 15.5 Å². The Bertz CT molecular complexity index is 962. The molecule has 2 aromatic heterocycles. The topological polar surface area (TPSA) is 124 Å². The van der Waals surface area contributed by atoms with Gasteiger partial charge in [-0.05, 0) is 30.3 Å². The van der Waals surface area contributed by atoms with Gasteiger partial charge in [0, 0.05) is 5.56 Å². The van der Waals surface area contributed by atoms with Gasteiger partial charge in [-0.2, -0.15) is 13.2 Å². The van der Waals surface area contributed by atoms with E-state index in [1.54, 1.807) is 0 Å². The lowest BCUT2D eigenvalue weighted by atomic mass is 10.1. The first-order chi connectivity index (χ1) is 12.2. The van der Waals surface area contributed by atoms with E-state index in [1.807, 2.05) is 0 Å². The Labute approximate surface area is 141 Å². The molecule has 0 aliphatic heterocycles. The molecule has 0 saturated heterocycles. The van der Waals surface area contributed by atoms with Gasteiger partial charge < -0.3 is 8.83 Å². The molecule has 1 aromatic carbocycles. The third-order valence-corrected chi connectivity index (χ3v) is 3.10. The van der Waals surface area contributed by atoms with E-state index in [0.717, 1.165) is 36.4 Å². The molecule has 2 heterocycles. The van der Waals surface area contributed by atoms with E-state index in [0.29, 0.717) is 0 Å². The second kappa shape index (κ2) is 6.31. The molecule has 26 heavy (non-hydrogen) atoms. The summed E-state index contributed by atoms with van der Waals surface area (Å²) in [5, 5.41) is 19.8. The molecule has 3 rings (SSSR count). The van der Waals surface area contributed by atoms with E-state index in [-0.39, 0.29) is 23.2 Å². The number of amides is 1. The Morgan fingerprint density at radius 2 is 1.77 bits per heavy atom. The average Bonchev–Trinajstić information content (AvgIpc) is 3.23. The molecule has 0 aliphatic carbocycles. The van der Waals surface area contributed by atoms with Crippen molar-refractivity contribution in [2.45, 2.75) is 6.18 Å². The van der Waals surface area contributed by atoms with E-state index < -0.39 is 28.5 Å². The minimum atomic E-state index is -4.47. The summed E-state index contributed by atoms with van der Waals surface area (Å²) in [5.41, 5.74) is -0.631. The summed E-state index contributed by atoms with van der Waals surface area (Å²) in [5.74, 6) is -1.97. The van der Waals surface area contributed by atoms with Gasteiger partial charge in [0.25, 0.3) is 5.91 Å². The number of anilines is 1. The lowest BCUT2D eigenvalue weighted by Crippen LogP contribution is -2.11. The first kappa shape index (κ1) is 17.1. The minimum absolute atomic E-state index is 0.126. The molecule has 0 bridgehead atoms. The van der Waals surface area contributed by atoms with Gasteiger partial charge in [-0.3, -0.25) is 20.2 Å². The number of nitrogens with zero attached hydrogens (tertiary/aromatic N) is 3. The number of aromatic nitrogens is 2. The SMILES string of the molecule is O=C(Nc1nnc(-c2ccc(C(F)(F)F)cc2)o1)c1ccc([N+](=O)[O-])o1. The molecule has 0 aliphatic rings. The number of benzene rings is 1. The van der Waals surface area contributed by atoms with Crippen LogP contribution in [0.1, 0.15) is 16.1 Å². The maximum absolute atomic E-state index is 12.5. The normalized spacial score (nSPS) is 11.3. The molecule has 134 valence electrons. The molecule has 0 spiro atoms. The van der Waals surface area contributed by atoms with Crippen LogP contribution in [-0.4, -0.2) is 21.0 Å². The summed E-state index contributed by atoms with van der Waals surface area (Å²) in [6.45, 7) is 0. The lowest BCUT2D eigenvalue weighted by molar-refractivity contribution is -0.402. The zero-order chi connectivity index (χ0) is 18.9. The van der Waals surface area contributed by atoms with Gasteiger partial charge in [0.1, 0.15) is 4.92 Å². The summed E-state index contributed by atoms with van der Waals surface area (Å²) in [7, 11) is 0. The number of halogens is 3. The molecule has 0 atom stereocenters. The molecule has 9 nitrogen and oxygen atoms in total. The summed E-state index contributed by atoms with van der Waals surface area (Å²) in [6.07, 6.45) is -4.47. The van der Waals surface area contributed by atoms with Gasteiger partial charge in [-0.15, -0.1) is 5.10 Å². The highest BCUT2D eigenvalue weighted by Crippen LogP contribution is 2.31. The Morgan fingerprint density at radius 1 is 1.08 bits per heavy atom. The van der Waals surface area contributed by atoms with Crippen LogP contribution in [0.2, 0.25) is 0 Å². The summed E-state index contributed by atoms with van der Waals surface area (Å²) in [4.78, 5) is 21.6. The third kappa shape index (κ3) is 3.53. The van der Waals surface area contributed by atoms with Crippen molar-refractivity contribution in [3.05, 3.63) is 57.8 Å². The van der Waals surface area contributed by atoms with Crippen LogP contribution < -0.4 is 5.32 Å². The number of carbonyl (C=O) groups excluding carboxylic acids is 1. The predicted octanol–water partition coefficient (Wildman–Crippen LogP) is 3.51. The van der Waals surface area contributed by atoms with Crippen LogP contribution in [0.15, 0.2) is 45.2 Å². The maximum atomic E-state index is 12.5. The molecule has 0 saturated carbocycles. The molecule has 12 heteroatoms. The number of furan rings is 1. The van der Waals surface area contributed by atoms with Crippen molar-refractivity contribution in [2.24, 2.45) is 0 Å². The van der Waals surface area contributed by atoms with Crippen molar-refractivity contribution in [3.63, 3.8) is 0 Å². The van der Waals surface area contributed by atoms with Gasteiger partial charge in [-0.25, -0.2) is 0 Å². The fourth-order valence-electron chi connectivity index (χ4n) is 1.90. The van der Waals surface area contributed by atoms with Crippen LogP contribution in [0.3, 0.4) is 0 Å². The highest BCUT2D eigenvalue weighted by Gasteiger charge is 2.30. The number of hydrogen-bond acceptors (Lipinski definition) is 7. The van der Waals surface area contributed by atoms with Crippen LogP contribution in [0.5, 0.6) is 0 Å². The number of rotatable bonds is 4. The van der Waals surface area contributed by atoms with Gasteiger partial charge in [0.05, 0.1) is 11.6 Å². The van der Waals surface area contributed by atoms with Crippen molar-refractivity contribution in [3.8, 4) is 11.5 Å². The summed E-state index contributed by atoms with van der Waals surface area (Å²) < 4.78 is 47.4. The van der Waals surface area contributed by atoms with Gasteiger partial charge in [0.2, 0.25) is 5.89 Å². The molecule has 0 radical (unpaired) electrons.